The molecule has 0 saturated heterocycles. The van der Waals surface area contributed by atoms with Crippen LogP contribution in [-0.2, 0) is 13.6 Å². The van der Waals surface area contributed by atoms with Crippen molar-refractivity contribution in [1.29, 1.82) is 0 Å². The van der Waals surface area contributed by atoms with Crippen LogP contribution in [0.4, 0.5) is 0 Å². The predicted octanol–water partition coefficient (Wildman–Crippen LogP) is 0.0732. The van der Waals surface area contributed by atoms with E-state index in [1.54, 1.807) is 0 Å². The van der Waals surface area contributed by atoms with E-state index in [9.17, 15) is 4.79 Å². The van der Waals surface area contributed by atoms with E-state index in [4.69, 9.17) is 0 Å². The molecule has 2 aromatic rings. The van der Waals surface area contributed by atoms with Gasteiger partial charge in [-0.25, -0.2) is 0 Å². The Morgan fingerprint density at radius 1 is 1.67 bits per heavy atom. The molecule has 0 aliphatic rings. The second-order valence-electron chi connectivity index (χ2n) is 3.22. The second kappa shape index (κ2) is 3.95. The highest BCUT2D eigenvalue weighted by molar-refractivity contribution is 5.91. The molecule has 2 aromatic heterocycles. The Morgan fingerprint density at radius 3 is 3.13 bits per heavy atom. The van der Waals surface area contributed by atoms with E-state index in [1.165, 1.54) is 6.20 Å². The molecule has 0 unspecified atom stereocenters. The van der Waals surface area contributed by atoms with E-state index < -0.39 is 0 Å². The Bertz CT molecular complexity index is 445. The van der Waals surface area contributed by atoms with Gasteiger partial charge < -0.3 is 9.88 Å². The Morgan fingerprint density at radius 2 is 2.53 bits per heavy atom. The number of aromatic nitrogens is 4. The maximum Gasteiger partial charge on any atom is 0.273 e. The maximum atomic E-state index is 11.4. The van der Waals surface area contributed by atoms with Gasteiger partial charge in [0.2, 0.25) is 0 Å². The highest BCUT2D eigenvalue weighted by atomic mass is 16.1. The zero-order valence-corrected chi connectivity index (χ0v) is 8.27. The van der Waals surface area contributed by atoms with Crippen LogP contribution in [0.15, 0.2) is 24.7 Å². The van der Waals surface area contributed by atoms with Gasteiger partial charge in [0.15, 0.2) is 5.69 Å². The van der Waals surface area contributed by atoms with Crippen molar-refractivity contribution in [1.82, 2.24) is 25.3 Å². The number of nitrogens with one attached hydrogen (secondary N) is 2. The topological polar surface area (TPSA) is 75.6 Å². The predicted molar refractivity (Wildman–Crippen MR) is 53.0 cm³/mol. The highest BCUT2D eigenvalue weighted by Crippen LogP contribution is 1.99. The van der Waals surface area contributed by atoms with Gasteiger partial charge in [-0.05, 0) is 11.6 Å². The minimum atomic E-state index is -0.229. The number of carbonyl (C=O) groups excluding carboxylic acids is 1. The van der Waals surface area contributed by atoms with Crippen LogP contribution in [-0.4, -0.2) is 25.9 Å². The number of aryl methyl sites for hydroxylation is 1. The summed E-state index contributed by atoms with van der Waals surface area (Å²) in [6.45, 7) is 0.493. The zero-order valence-electron chi connectivity index (χ0n) is 8.27. The molecule has 0 fully saturated rings. The molecule has 0 aliphatic carbocycles. The maximum absolute atomic E-state index is 11.4. The summed E-state index contributed by atoms with van der Waals surface area (Å²) in [6.07, 6.45) is 5.26. The molecule has 0 atom stereocenters. The van der Waals surface area contributed by atoms with Crippen molar-refractivity contribution in [3.63, 3.8) is 0 Å². The van der Waals surface area contributed by atoms with E-state index in [0.29, 0.717) is 12.2 Å². The lowest BCUT2D eigenvalue weighted by molar-refractivity contribution is 0.0946. The Kier molecular flexibility index (Phi) is 2.49. The first-order valence-electron chi connectivity index (χ1n) is 4.50. The fourth-order valence-electron chi connectivity index (χ4n) is 1.25. The summed E-state index contributed by atoms with van der Waals surface area (Å²) in [5.41, 5.74) is 1.35. The van der Waals surface area contributed by atoms with Crippen molar-refractivity contribution in [3.8, 4) is 0 Å². The number of nitrogens with zero attached hydrogens (tertiary/aromatic N) is 3. The van der Waals surface area contributed by atoms with Crippen molar-refractivity contribution in [2.24, 2.45) is 7.05 Å². The van der Waals surface area contributed by atoms with E-state index in [0.717, 1.165) is 5.56 Å². The van der Waals surface area contributed by atoms with Crippen molar-refractivity contribution in [2.45, 2.75) is 6.54 Å². The molecule has 0 radical (unpaired) electrons. The largest absolute Gasteiger partial charge is 0.357 e. The van der Waals surface area contributed by atoms with Crippen molar-refractivity contribution < 1.29 is 4.79 Å². The number of hydrogen-bond donors (Lipinski definition) is 2. The van der Waals surface area contributed by atoms with E-state index in [1.807, 2.05) is 30.1 Å². The molecule has 15 heavy (non-hydrogen) atoms. The lowest BCUT2D eigenvalue weighted by atomic mass is 10.3. The number of rotatable bonds is 3. The van der Waals surface area contributed by atoms with Crippen LogP contribution in [0.2, 0.25) is 0 Å². The van der Waals surface area contributed by atoms with Gasteiger partial charge >= 0.3 is 0 Å². The normalized spacial score (nSPS) is 10.2. The minimum absolute atomic E-state index is 0.229. The molecule has 2 rings (SSSR count). The van der Waals surface area contributed by atoms with Gasteiger partial charge in [0.25, 0.3) is 5.91 Å². The van der Waals surface area contributed by atoms with Crippen molar-refractivity contribution in [2.75, 3.05) is 0 Å². The summed E-state index contributed by atoms with van der Waals surface area (Å²) in [5, 5.41) is 12.4. The summed E-state index contributed by atoms with van der Waals surface area (Å²) in [4.78, 5) is 11.4. The molecular formula is C9H11N5O. The van der Waals surface area contributed by atoms with Crippen molar-refractivity contribution in [3.05, 3.63) is 35.9 Å². The van der Waals surface area contributed by atoms with Crippen LogP contribution in [0.5, 0.6) is 0 Å². The molecule has 2 N–H and O–H groups in total. The average molecular weight is 205 g/mol. The molecule has 6 nitrogen and oxygen atoms in total. The standard InChI is InChI=1S/C9H11N5O/c1-14-3-2-7(6-14)4-10-9(15)8-5-11-13-12-8/h2-3,5-6H,4H2,1H3,(H,10,15)(H,11,12,13). The van der Waals surface area contributed by atoms with Crippen LogP contribution in [0.3, 0.4) is 0 Å². The summed E-state index contributed by atoms with van der Waals surface area (Å²) < 4.78 is 1.93. The van der Waals surface area contributed by atoms with E-state index in [2.05, 4.69) is 20.7 Å². The SMILES string of the molecule is Cn1ccc(CNC(=O)c2cn[nH]n2)c1. The van der Waals surface area contributed by atoms with Crippen LogP contribution in [0.1, 0.15) is 16.1 Å². The molecule has 78 valence electrons. The molecule has 0 spiro atoms. The van der Waals surface area contributed by atoms with Crippen molar-refractivity contribution >= 4 is 5.91 Å². The Balaban J connectivity index is 1.91. The van der Waals surface area contributed by atoms with Gasteiger partial charge in [-0.1, -0.05) is 0 Å². The number of hydrogen-bond acceptors (Lipinski definition) is 3. The molecule has 1 amide bonds. The summed E-state index contributed by atoms with van der Waals surface area (Å²) in [6, 6.07) is 1.95. The highest BCUT2D eigenvalue weighted by Gasteiger charge is 2.07. The van der Waals surface area contributed by atoms with Crippen LogP contribution in [0, 0.1) is 0 Å². The van der Waals surface area contributed by atoms with Gasteiger partial charge in [-0.15, -0.1) is 0 Å². The van der Waals surface area contributed by atoms with Gasteiger partial charge in [0.1, 0.15) is 0 Å². The van der Waals surface area contributed by atoms with Crippen LogP contribution < -0.4 is 5.32 Å². The molecular weight excluding hydrogens is 194 g/mol. The third-order valence-electron chi connectivity index (χ3n) is 1.99. The first kappa shape index (κ1) is 9.45. The summed E-state index contributed by atoms with van der Waals surface area (Å²) in [5.74, 6) is -0.229. The zero-order chi connectivity index (χ0) is 10.7. The Labute approximate surface area is 86.3 Å². The smallest absolute Gasteiger partial charge is 0.273 e. The van der Waals surface area contributed by atoms with E-state index in [-0.39, 0.29) is 5.91 Å². The fourth-order valence-corrected chi connectivity index (χ4v) is 1.25. The number of aromatic amines is 1. The quantitative estimate of drug-likeness (QED) is 0.744. The van der Waals surface area contributed by atoms with Gasteiger partial charge in [-0.2, -0.15) is 15.4 Å². The molecule has 2 heterocycles. The number of amides is 1. The minimum Gasteiger partial charge on any atom is -0.357 e. The first-order valence-corrected chi connectivity index (χ1v) is 4.50. The second-order valence-corrected chi connectivity index (χ2v) is 3.22. The third-order valence-corrected chi connectivity index (χ3v) is 1.99. The van der Waals surface area contributed by atoms with Crippen LogP contribution in [0.25, 0.3) is 0 Å². The molecule has 0 aromatic carbocycles. The summed E-state index contributed by atoms with van der Waals surface area (Å²) >= 11 is 0. The van der Waals surface area contributed by atoms with Crippen LogP contribution >= 0.6 is 0 Å². The third kappa shape index (κ3) is 2.22. The van der Waals surface area contributed by atoms with Gasteiger partial charge in [-0.3, -0.25) is 4.79 Å². The van der Waals surface area contributed by atoms with E-state index >= 15 is 0 Å². The molecule has 0 aliphatic heterocycles. The molecule has 0 saturated carbocycles. The summed E-state index contributed by atoms with van der Waals surface area (Å²) in [7, 11) is 1.93. The fraction of sp³-hybridized carbons (Fsp3) is 0.222. The van der Waals surface area contributed by atoms with Gasteiger partial charge in [0, 0.05) is 26.0 Å². The first-order chi connectivity index (χ1) is 7.25. The molecule has 0 bridgehead atoms. The molecule has 6 heteroatoms. The lowest BCUT2D eigenvalue weighted by Gasteiger charge is -1.99. The lowest BCUT2D eigenvalue weighted by Crippen LogP contribution is -2.22. The Hall–Kier alpha value is -2.11. The monoisotopic (exact) mass is 205 g/mol. The number of H-pyrrole nitrogens is 1. The number of carbonyl (C=O) groups is 1. The average Bonchev–Trinajstić information content (AvgIpc) is 2.84. The van der Waals surface area contributed by atoms with Gasteiger partial charge in [0.05, 0.1) is 6.20 Å².